The highest BCUT2D eigenvalue weighted by atomic mass is 32.2. The molecule has 8 heterocycles. The van der Waals surface area contributed by atoms with Gasteiger partial charge in [0.15, 0.2) is 11.2 Å². The first-order valence-electron chi connectivity index (χ1n) is 18.1. The number of aromatic nitrogens is 4. The van der Waals surface area contributed by atoms with Crippen molar-refractivity contribution >= 4 is 45.5 Å². The molecule has 1 N–H and O–H groups in total. The summed E-state index contributed by atoms with van der Waals surface area (Å²) < 4.78 is 19.8. The molecule has 0 bridgehead atoms. The van der Waals surface area contributed by atoms with Crippen LogP contribution < -0.4 is 11.1 Å². The minimum atomic E-state index is -1.79. The molecule has 6 aromatic rings. The molecule has 0 aliphatic carbocycles. The van der Waals surface area contributed by atoms with Gasteiger partial charge in [-0.3, -0.25) is 9.59 Å². The van der Waals surface area contributed by atoms with Gasteiger partial charge >= 0.3 is 11.9 Å². The Morgan fingerprint density at radius 3 is 1.76 bits per heavy atom. The van der Waals surface area contributed by atoms with Crippen LogP contribution in [-0.2, 0) is 61.3 Å². The lowest BCUT2D eigenvalue weighted by atomic mass is 9.85. The third kappa shape index (κ3) is 5.20. The predicted octanol–water partition coefficient (Wildman–Crippen LogP) is 5.50. The first-order valence-corrected chi connectivity index (χ1v) is 19.5. The number of nitrogens with zero attached hydrogens (tertiary/aromatic N) is 4. The van der Waals surface area contributed by atoms with E-state index in [9.17, 15) is 24.3 Å². The number of cyclic esters (lactones) is 2. The van der Waals surface area contributed by atoms with Crippen LogP contribution >= 0.6 is 11.8 Å². The highest BCUT2D eigenvalue weighted by Crippen LogP contribution is 2.42. The van der Waals surface area contributed by atoms with Crippen molar-refractivity contribution < 1.29 is 28.9 Å². The zero-order valence-electron chi connectivity index (χ0n) is 30.4. The van der Waals surface area contributed by atoms with E-state index in [-0.39, 0.29) is 30.8 Å². The summed E-state index contributed by atoms with van der Waals surface area (Å²) in [5.74, 6) is -0.808. The van der Waals surface area contributed by atoms with E-state index in [1.165, 1.54) is 11.8 Å². The lowest BCUT2D eigenvalue weighted by Crippen LogP contribution is -2.46. The Kier molecular flexibility index (Phi) is 8.30. The number of ether oxygens (including phenoxy) is 3. The number of hydrogen-bond donors (Lipinski definition) is 1. The maximum Gasteiger partial charge on any atom is 0.343 e. The van der Waals surface area contributed by atoms with Crippen LogP contribution in [0.3, 0.4) is 0 Å². The largest absolute Gasteiger partial charge is 0.458 e. The molecule has 4 aliphatic rings. The van der Waals surface area contributed by atoms with Gasteiger partial charge in [-0.05, 0) is 55.5 Å². The van der Waals surface area contributed by atoms with Gasteiger partial charge in [0.05, 0.1) is 64.0 Å². The van der Waals surface area contributed by atoms with E-state index in [1.54, 1.807) is 22.1 Å². The van der Waals surface area contributed by atoms with Crippen LogP contribution in [0.1, 0.15) is 60.1 Å². The summed E-state index contributed by atoms with van der Waals surface area (Å²) in [4.78, 5) is 60.8. The molecule has 0 fully saturated rings. The molecule has 2 aromatic carbocycles. The average Bonchev–Trinajstić information content (AvgIpc) is 3.75. The molecule has 4 aliphatic heterocycles. The van der Waals surface area contributed by atoms with Crippen molar-refractivity contribution in [1.82, 2.24) is 19.1 Å². The number of pyridine rings is 4. The van der Waals surface area contributed by atoms with Crippen LogP contribution in [0.5, 0.6) is 0 Å². The van der Waals surface area contributed by atoms with E-state index in [0.717, 1.165) is 50.0 Å². The second kappa shape index (κ2) is 13.0. The highest BCUT2D eigenvalue weighted by molar-refractivity contribution is 7.98. The summed E-state index contributed by atoms with van der Waals surface area (Å²) in [7, 11) is 0. The smallest absolute Gasteiger partial charge is 0.343 e. The number of rotatable bonds is 5. The third-order valence-electron chi connectivity index (χ3n) is 11.2. The van der Waals surface area contributed by atoms with Gasteiger partial charge in [0, 0.05) is 33.0 Å². The standard InChI is InChI=1S/C22H20N2O4S.C20H16N2O4/c1-3-22(28-12-29-2)16-9-18-19-14(8-13-6-4-5-7-17(13)23-19)10-24(18)20(25)15(16)11-27-21(22)26;1-2-20(25)14-8-16-17-12(7-11-5-3-4-6-15(11)21-17)9-22(16)18(23)13(14)10-26-19(20)24/h4-9H,3,10-12H2,1-2H3;3-8,25H,2,9-10H2,1H3/t22-;20-/m00/s1. The van der Waals surface area contributed by atoms with E-state index >= 15 is 0 Å². The van der Waals surface area contributed by atoms with Crippen LogP contribution in [0.4, 0.5) is 0 Å². The molecule has 0 saturated carbocycles. The molecule has 0 radical (unpaired) electrons. The molecule has 2 atom stereocenters. The molecule has 10 rings (SSSR count). The molecule has 0 amide bonds. The predicted molar refractivity (Wildman–Crippen MR) is 206 cm³/mol. The summed E-state index contributed by atoms with van der Waals surface area (Å²) in [5.41, 5.74) is 4.93. The second-order valence-corrected chi connectivity index (χ2v) is 14.9. The Bertz CT molecular complexity index is 2760. The average molecular weight is 757 g/mol. The highest BCUT2D eigenvalue weighted by Gasteiger charge is 2.48. The zero-order chi connectivity index (χ0) is 38.2. The second-order valence-electron chi connectivity index (χ2n) is 14.1. The van der Waals surface area contributed by atoms with E-state index in [2.05, 4.69) is 6.07 Å². The Labute approximate surface area is 318 Å². The van der Waals surface area contributed by atoms with E-state index in [1.807, 2.05) is 73.8 Å². The topological polar surface area (TPSA) is 152 Å². The number of hydrogen-bond acceptors (Lipinski definition) is 11. The summed E-state index contributed by atoms with van der Waals surface area (Å²) in [6, 6.07) is 23.5. The van der Waals surface area contributed by atoms with Gasteiger partial charge in [0.1, 0.15) is 13.2 Å². The fourth-order valence-corrected chi connectivity index (χ4v) is 8.56. The van der Waals surface area contributed by atoms with Crippen molar-refractivity contribution in [3.05, 3.63) is 127 Å². The summed E-state index contributed by atoms with van der Waals surface area (Å²) >= 11 is 1.48. The van der Waals surface area contributed by atoms with Crippen molar-refractivity contribution in [2.45, 2.75) is 64.2 Å². The third-order valence-corrected chi connectivity index (χ3v) is 11.6. The number of para-hydroxylation sites is 2. The molecular weight excluding hydrogens is 721 g/mol. The molecule has 0 unspecified atom stereocenters. The van der Waals surface area contributed by atoms with Crippen LogP contribution in [0, 0.1) is 0 Å². The van der Waals surface area contributed by atoms with Crippen molar-refractivity contribution in [1.29, 1.82) is 0 Å². The number of carbonyl (C=O) groups is 2. The van der Waals surface area contributed by atoms with Crippen molar-refractivity contribution in [3.8, 4) is 22.8 Å². The van der Waals surface area contributed by atoms with Crippen LogP contribution in [0.15, 0.2) is 82.4 Å². The number of esters is 2. The lowest BCUT2D eigenvalue weighted by Gasteiger charge is -2.36. The number of benzene rings is 2. The first-order chi connectivity index (χ1) is 26.6. The Balaban J connectivity index is 0.000000145. The van der Waals surface area contributed by atoms with Gasteiger partial charge in [-0.1, -0.05) is 50.2 Å². The van der Waals surface area contributed by atoms with E-state index < -0.39 is 23.1 Å². The Morgan fingerprint density at radius 2 is 1.24 bits per heavy atom. The van der Waals surface area contributed by atoms with E-state index in [0.29, 0.717) is 53.4 Å². The van der Waals surface area contributed by atoms with Gasteiger partial charge < -0.3 is 28.5 Å². The molecule has 13 heteroatoms. The minimum Gasteiger partial charge on any atom is -0.458 e. The van der Waals surface area contributed by atoms with Crippen molar-refractivity contribution in [2.75, 3.05) is 12.2 Å². The molecular formula is C42H36N4O8S. The zero-order valence-corrected chi connectivity index (χ0v) is 31.2. The molecule has 0 saturated heterocycles. The van der Waals surface area contributed by atoms with Crippen LogP contribution in [-0.4, -0.2) is 48.3 Å². The molecule has 0 spiro atoms. The van der Waals surface area contributed by atoms with Gasteiger partial charge in [0.25, 0.3) is 11.1 Å². The number of thioether (sulfide) groups is 1. The summed E-state index contributed by atoms with van der Waals surface area (Å²) in [6.45, 7) is 4.33. The fraction of sp³-hybridized carbons (Fsp3) is 0.286. The molecule has 55 heavy (non-hydrogen) atoms. The van der Waals surface area contributed by atoms with Gasteiger partial charge in [-0.2, -0.15) is 0 Å². The van der Waals surface area contributed by atoms with Crippen molar-refractivity contribution in [2.24, 2.45) is 0 Å². The number of fused-ring (bicyclic) bond motifs is 10. The Morgan fingerprint density at radius 1 is 0.727 bits per heavy atom. The Hall–Kier alpha value is -5.63. The SMILES string of the molecule is CC[C@@]1(O)C(=O)OCc2c1cc1n(c2=O)Cc2cc3ccccc3nc2-1.CC[C@@]1(OCSC)C(=O)OCc2c1cc1n(c2=O)Cc2cc3ccccc3nc2-1. The fourth-order valence-electron chi connectivity index (χ4n) is 8.24. The van der Waals surface area contributed by atoms with Crippen LogP contribution in [0.25, 0.3) is 44.6 Å². The van der Waals surface area contributed by atoms with Crippen molar-refractivity contribution in [3.63, 3.8) is 0 Å². The maximum atomic E-state index is 13.3. The molecule has 12 nitrogen and oxygen atoms in total. The minimum absolute atomic E-state index is 0.0244. The van der Waals surface area contributed by atoms with Gasteiger partial charge in [0.2, 0.25) is 0 Å². The summed E-state index contributed by atoms with van der Waals surface area (Å²) in [6.07, 6.45) is 2.43. The molecule has 4 aromatic heterocycles. The van der Waals surface area contributed by atoms with Crippen LogP contribution in [0.2, 0.25) is 0 Å². The van der Waals surface area contributed by atoms with Gasteiger partial charge in [-0.15, -0.1) is 11.8 Å². The maximum absolute atomic E-state index is 13.3. The summed E-state index contributed by atoms with van der Waals surface area (Å²) in [5, 5.41) is 12.9. The number of carbonyl (C=O) groups excluding carboxylic acids is 2. The van der Waals surface area contributed by atoms with Gasteiger partial charge in [-0.25, -0.2) is 19.6 Å². The lowest BCUT2D eigenvalue weighted by molar-refractivity contribution is -0.177. The quantitative estimate of drug-likeness (QED) is 0.175. The normalized spacial score (nSPS) is 20.0. The van der Waals surface area contributed by atoms with E-state index in [4.69, 9.17) is 24.2 Å². The molecule has 278 valence electrons. The number of aliphatic hydroxyl groups is 1. The monoisotopic (exact) mass is 756 g/mol. The first kappa shape index (κ1) is 35.1.